The Morgan fingerprint density at radius 2 is 1.76 bits per heavy atom. The molecule has 25 heavy (non-hydrogen) atoms. The maximum Gasteiger partial charge on any atom is 0.229 e. The van der Waals surface area contributed by atoms with Crippen molar-refractivity contribution >= 4 is 52.1 Å². The lowest BCUT2D eigenvalue weighted by molar-refractivity contribution is 0.101. The molecule has 0 aliphatic carbocycles. The molecule has 0 atom stereocenters. The van der Waals surface area contributed by atoms with Gasteiger partial charge in [-0.15, -0.1) is 0 Å². The lowest BCUT2D eigenvalue weighted by Crippen LogP contribution is -2.01. The normalized spacial score (nSPS) is 10.4. The molecule has 5 nitrogen and oxygen atoms in total. The number of aromatic nitrogens is 2. The van der Waals surface area contributed by atoms with Crippen molar-refractivity contribution in [1.29, 1.82) is 0 Å². The minimum absolute atomic E-state index is 0.0207. The number of ketones is 1. The van der Waals surface area contributed by atoms with Gasteiger partial charge in [-0.2, -0.15) is 4.98 Å². The number of benzene rings is 2. The summed E-state index contributed by atoms with van der Waals surface area (Å²) in [7, 11) is 0. The number of nitrogens with one attached hydrogen (secondary N) is 2. The SMILES string of the molecule is CC(=O)c1ccc(Nc2nccc(Nc3cc(Cl)ccc3Cl)n2)cc1. The monoisotopic (exact) mass is 372 g/mol. The molecule has 1 aromatic heterocycles. The first-order valence-electron chi connectivity index (χ1n) is 7.44. The van der Waals surface area contributed by atoms with Gasteiger partial charge in [0.05, 0.1) is 10.7 Å². The van der Waals surface area contributed by atoms with Gasteiger partial charge in [-0.1, -0.05) is 23.2 Å². The van der Waals surface area contributed by atoms with Crippen LogP contribution in [0.4, 0.5) is 23.1 Å². The highest BCUT2D eigenvalue weighted by Crippen LogP contribution is 2.28. The number of hydrogen-bond acceptors (Lipinski definition) is 5. The lowest BCUT2D eigenvalue weighted by Gasteiger charge is -2.10. The smallest absolute Gasteiger partial charge is 0.229 e. The van der Waals surface area contributed by atoms with Gasteiger partial charge in [-0.25, -0.2) is 4.98 Å². The lowest BCUT2D eigenvalue weighted by atomic mass is 10.1. The molecule has 0 spiro atoms. The fourth-order valence-corrected chi connectivity index (χ4v) is 2.47. The standard InChI is InChI=1S/C18H14Cl2N4O/c1-11(25)12-2-5-14(6-3-12)22-18-21-9-8-17(24-18)23-16-10-13(19)4-7-15(16)20/h2-10H,1H3,(H2,21,22,23,24). The van der Waals surface area contributed by atoms with E-state index >= 15 is 0 Å². The average Bonchev–Trinajstić information content (AvgIpc) is 2.59. The molecule has 3 aromatic rings. The second kappa shape index (κ2) is 7.51. The molecule has 0 radical (unpaired) electrons. The molecule has 0 fully saturated rings. The summed E-state index contributed by atoms with van der Waals surface area (Å²) in [5.74, 6) is 1.01. The summed E-state index contributed by atoms with van der Waals surface area (Å²) >= 11 is 12.1. The first kappa shape index (κ1) is 17.2. The number of carbonyl (C=O) groups is 1. The van der Waals surface area contributed by atoms with Crippen molar-refractivity contribution in [2.75, 3.05) is 10.6 Å². The van der Waals surface area contributed by atoms with E-state index in [1.165, 1.54) is 6.92 Å². The predicted octanol–water partition coefficient (Wildman–Crippen LogP) is 5.47. The van der Waals surface area contributed by atoms with Crippen molar-refractivity contribution < 1.29 is 4.79 Å². The van der Waals surface area contributed by atoms with E-state index in [1.807, 2.05) is 0 Å². The number of carbonyl (C=O) groups excluding carboxylic acids is 1. The molecule has 0 saturated heterocycles. The molecule has 1 heterocycles. The third kappa shape index (κ3) is 4.47. The van der Waals surface area contributed by atoms with E-state index in [9.17, 15) is 4.79 Å². The highest BCUT2D eigenvalue weighted by atomic mass is 35.5. The van der Waals surface area contributed by atoms with E-state index in [0.29, 0.717) is 33.1 Å². The average molecular weight is 373 g/mol. The molecule has 0 amide bonds. The van der Waals surface area contributed by atoms with Gasteiger partial charge in [0.15, 0.2) is 5.78 Å². The van der Waals surface area contributed by atoms with Gasteiger partial charge in [0.2, 0.25) is 5.95 Å². The van der Waals surface area contributed by atoms with Crippen molar-refractivity contribution in [3.05, 3.63) is 70.3 Å². The van der Waals surface area contributed by atoms with E-state index in [-0.39, 0.29) is 5.78 Å². The van der Waals surface area contributed by atoms with Crippen LogP contribution in [0, 0.1) is 0 Å². The largest absolute Gasteiger partial charge is 0.339 e. The van der Waals surface area contributed by atoms with Crippen molar-refractivity contribution in [1.82, 2.24) is 9.97 Å². The fraction of sp³-hybridized carbons (Fsp3) is 0.0556. The molecule has 2 aromatic carbocycles. The maximum atomic E-state index is 11.3. The first-order valence-corrected chi connectivity index (χ1v) is 8.20. The summed E-state index contributed by atoms with van der Waals surface area (Å²) in [5.41, 5.74) is 2.09. The molecular formula is C18H14Cl2N4O. The minimum Gasteiger partial charge on any atom is -0.339 e. The zero-order chi connectivity index (χ0) is 17.8. The Morgan fingerprint density at radius 3 is 2.48 bits per heavy atom. The van der Waals surface area contributed by atoms with Crippen LogP contribution in [0.3, 0.4) is 0 Å². The fourth-order valence-electron chi connectivity index (χ4n) is 2.14. The maximum absolute atomic E-state index is 11.3. The van der Waals surface area contributed by atoms with E-state index in [1.54, 1.807) is 54.7 Å². The molecule has 0 saturated carbocycles. The van der Waals surface area contributed by atoms with Gasteiger partial charge < -0.3 is 10.6 Å². The van der Waals surface area contributed by atoms with Crippen LogP contribution in [0.1, 0.15) is 17.3 Å². The molecular weight excluding hydrogens is 359 g/mol. The van der Waals surface area contributed by atoms with E-state index in [2.05, 4.69) is 20.6 Å². The van der Waals surface area contributed by atoms with Crippen LogP contribution in [-0.4, -0.2) is 15.8 Å². The summed E-state index contributed by atoms with van der Waals surface area (Å²) < 4.78 is 0. The Hall–Kier alpha value is -2.63. The molecule has 2 N–H and O–H groups in total. The first-order chi connectivity index (χ1) is 12.0. The van der Waals surface area contributed by atoms with Crippen molar-refractivity contribution in [3.63, 3.8) is 0 Å². The van der Waals surface area contributed by atoms with Crippen LogP contribution in [0.5, 0.6) is 0 Å². The van der Waals surface area contributed by atoms with E-state index in [0.717, 1.165) is 5.69 Å². The number of rotatable bonds is 5. The van der Waals surface area contributed by atoms with Gasteiger partial charge in [0.1, 0.15) is 5.82 Å². The third-order valence-electron chi connectivity index (χ3n) is 3.39. The van der Waals surface area contributed by atoms with Crippen LogP contribution in [-0.2, 0) is 0 Å². The highest BCUT2D eigenvalue weighted by Gasteiger charge is 2.05. The highest BCUT2D eigenvalue weighted by molar-refractivity contribution is 6.35. The van der Waals surface area contributed by atoms with Gasteiger partial charge >= 0.3 is 0 Å². The van der Waals surface area contributed by atoms with Crippen LogP contribution < -0.4 is 10.6 Å². The summed E-state index contributed by atoms with van der Waals surface area (Å²) in [5, 5.41) is 7.31. The van der Waals surface area contributed by atoms with Crippen molar-refractivity contribution in [3.8, 4) is 0 Å². The van der Waals surface area contributed by atoms with Crippen molar-refractivity contribution in [2.24, 2.45) is 0 Å². The Balaban J connectivity index is 1.77. The third-order valence-corrected chi connectivity index (χ3v) is 3.96. The van der Waals surface area contributed by atoms with Crippen molar-refractivity contribution in [2.45, 2.75) is 6.92 Å². The number of hydrogen-bond donors (Lipinski definition) is 2. The Kier molecular flexibility index (Phi) is 5.16. The second-order valence-electron chi connectivity index (χ2n) is 5.27. The van der Waals surface area contributed by atoms with Crippen LogP contribution in [0.2, 0.25) is 10.0 Å². The minimum atomic E-state index is 0.0207. The summed E-state index contributed by atoms with van der Waals surface area (Å²) in [4.78, 5) is 19.9. The van der Waals surface area contributed by atoms with Gasteiger partial charge in [0.25, 0.3) is 0 Å². The quantitative estimate of drug-likeness (QED) is 0.580. The summed E-state index contributed by atoms with van der Waals surface area (Å²) in [6.45, 7) is 1.53. The number of nitrogens with zero attached hydrogens (tertiary/aromatic N) is 2. The number of halogens is 2. The molecule has 126 valence electrons. The van der Waals surface area contributed by atoms with Crippen LogP contribution in [0.15, 0.2) is 54.7 Å². The topological polar surface area (TPSA) is 66.9 Å². The molecule has 7 heteroatoms. The van der Waals surface area contributed by atoms with Crippen LogP contribution >= 0.6 is 23.2 Å². The summed E-state index contributed by atoms with van der Waals surface area (Å²) in [6.07, 6.45) is 1.63. The Bertz CT molecular complexity index is 913. The molecule has 0 bridgehead atoms. The number of Topliss-reactive ketones (excluding diaryl/α,β-unsaturated/α-hetero) is 1. The van der Waals surface area contributed by atoms with Gasteiger partial charge in [-0.05, 0) is 55.5 Å². The second-order valence-corrected chi connectivity index (χ2v) is 6.12. The zero-order valence-corrected chi connectivity index (χ0v) is 14.8. The van der Waals surface area contributed by atoms with E-state index in [4.69, 9.17) is 23.2 Å². The molecule has 0 aliphatic rings. The summed E-state index contributed by atoms with van der Waals surface area (Å²) in [6, 6.07) is 14.0. The Labute approximate surface area is 155 Å². The Morgan fingerprint density at radius 1 is 1.00 bits per heavy atom. The number of anilines is 4. The van der Waals surface area contributed by atoms with E-state index < -0.39 is 0 Å². The predicted molar refractivity (Wildman–Crippen MR) is 102 cm³/mol. The van der Waals surface area contributed by atoms with Gasteiger partial charge in [-0.3, -0.25) is 4.79 Å². The zero-order valence-electron chi connectivity index (χ0n) is 13.3. The molecule has 0 aliphatic heterocycles. The molecule has 3 rings (SSSR count). The van der Waals surface area contributed by atoms with Crippen LogP contribution in [0.25, 0.3) is 0 Å². The molecule has 0 unspecified atom stereocenters. The van der Waals surface area contributed by atoms with Gasteiger partial charge in [0, 0.05) is 22.5 Å².